The normalized spacial score (nSPS) is 9.50. The standard InChI is InChI=1S/C26H22N2O6/c1-5-6-7-8-9-14-34-18-10-11-19(21(15-18)25(30)31)20-12-13-22(24(29)27-16-17(2)3)28-23(20)26(32)33-4/h1,10-13,15,17H,14,16H2,2-4H3,(H,27,29)(H,30,31). The van der Waals surface area contributed by atoms with Crippen molar-refractivity contribution >= 4 is 17.8 Å². The Kier molecular flexibility index (Phi) is 9.26. The van der Waals surface area contributed by atoms with E-state index in [0.29, 0.717) is 6.54 Å². The van der Waals surface area contributed by atoms with Gasteiger partial charge in [-0.05, 0) is 71.4 Å². The molecule has 0 unspecified atom stereocenters. The molecule has 0 atom stereocenters. The van der Waals surface area contributed by atoms with Crippen LogP contribution in [0.3, 0.4) is 0 Å². The van der Waals surface area contributed by atoms with Gasteiger partial charge < -0.3 is 19.9 Å². The van der Waals surface area contributed by atoms with Crippen molar-refractivity contribution in [3.8, 4) is 52.9 Å². The third kappa shape index (κ3) is 6.88. The van der Waals surface area contributed by atoms with Gasteiger partial charge in [-0.15, -0.1) is 6.42 Å². The number of aromatic nitrogens is 1. The van der Waals surface area contributed by atoms with Crippen molar-refractivity contribution in [2.24, 2.45) is 5.92 Å². The second-order valence-corrected chi connectivity index (χ2v) is 7.19. The van der Waals surface area contributed by atoms with Crippen LogP contribution in [0.2, 0.25) is 0 Å². The smallest absolute Gasteiger partial charge is 0.357 e. The van der Waals surface area contributed by atoms with Crippen molar-refractivity contribution in [1.82, 2.24) is 10.3 Å². The molecule has 0 fully saturated rings. The molecule has 0 spiro atoms. The minimum Gasteiger partial charge on any atom is -0.481 e. The first-order valence-electron chi connectivity index (χ1n) is 10.1. The van der Waals surface area contributed by atoms with Gasteiger partial charge in [0.15, 0.2) is 5.69 Å². The number of nitrogens with zero attached hydrogens (tertiary/aromatic N) is 1. The number of terminal acetylenes is 1. The molecule has 0 aliphatic carbocycles. The molecule has 0 aliphatic rings. The number of carbonyl (C=O) groups excluding carboxylic acids is 2. The molecule has 0 saturated carbocycles. The van der Waals surface area contributed by atoms with Crippen molar-refractivity contribution in [2.45, 2.75) is 13.8 Å². The lowest BCUT2D eigenvalue weighted by Crippen LogP contribution is -2.28. The Morgan fingerprint density at radius 1 is 1.12 bits per heavy atom. The lowest BCUT2D eigenvalue weighted by molar-refractivity contribution is 0.0593. The van der Waals surface area contributed by atoms with Crippen LogP contribution in [0.4, 0.5) is 0 Å². The molecule has 8 heteroatoms. The van der Waals surface area contributed by atoms with Gasteiger partial charge in [-0.25, -0.2) is 14.6 Å². The predicted octanol–water partition coefficient (Wildman–Crippen LogP) is 2.64. The monoisotopic (exact) mass is 458 g/mol. The Bertz CT molecular complexity index is 1270. The van der Waals surface area contributed by atoms with Crippen LogP contribution in [-0.2, 0) is 4.74 Å². The van der Waals surface area contributed by atoms with Gasteiger partial charge in [-0.3, -0.25) is 4.79 Å². The largest absolute Gasteiger partial charge is 0.481 e. The summed E-state index contributed by atoms with van der Waals surface area (Å²) < 4.78 is 10.3. The number of ether oxygens (including phenoxy) is 2. The first-order chi connectivity index (χ1) is 16.3. The van der Waals surface area contributed by atoms with Crippen molar-refractivity contribution in [1.29, 1.82) is 0 Å². The predicted molar refractivity (Wildman–Crippen MR) is 125 cm³/mol. The maximum atomic E-state index is 12.4. The molecule has 0 radical (unpaired) electrons. The van der Waals surface area contributed by atoms with Gasteiger partial charge in [0.05, 0.1) is 12.7 Å². The van der Waals surface area contributed by atoms with Crippen molar-refractivity contribution in [3.63, 3.8) is 0 Å². The first kappa shape index (κ1) is 25.5. The van der Waals surface area contributed by atoms with Gasteiger partial charge in [0, 0.05) is 12.1 Å². The van der Waals surface area contributed by atoms with Crippen LogP contribution in [0.25, 0.3) is 11.1 Å². The quantitative estimate of drug-likeness (QED) is 0.462. The number of methoxy groups -OCH3 is 1. The van der Waals surface area contributed by atoms with E-state index in [9.17, 15) is 19.5 Å². The molecular weight excluding hydrogens is 436 g/mol. The van der Waals surface area contributed by atoms with E-state index in [-0.39, 0.29) is 46.4 Å². The molecule has 1 aromatic carbocycles. The van der Waals surface area contributed by atoms with E-state index in [0.717, 1.165) is 0 Å². The number of hydrogen-bond donors (Lipinski definition) is 2. The maximum absolute atomic E-state index is 12.4. The number of carboxylic acids is 1. The summed E-state index contributed by atoms with van der Waals surface area (Å²) in [7, 11) is 1.17. The summed E-state index contributed by atoms with van der Waals surface area (Å²) in [6.45, 7) is 4.28. The number of hydrogen-bond acceptors (Lipinski definition) is 6. The van der Waals surface area contributed by atoms with Crippen LogP contribution >= 0.6 is 0 Å². The molecule has 2 aromatic rings. The van der Waals surface area contributed by atoms with Gasteiger partial charge in [0.25, 0.3) is 5.91 Å². The highest BCUT2D eigenvalue weighted by Gasteiger charge is 2.23. The number of aromatic carboxylic acids is 1. The van der Waals surface area contributed by atoms with E-state index in [1.165, 1.54) is 37.4 Å². The van der Waals surface area contributed by atoms with E-state index < -0.39 is 17.8 Å². The summed E-state index contributed by atoms with van der Waals surface area (Å²) in [6, 6.07) is 7.19. The van der Waals surface area contributed by atoms with E-state index in [1.807, 2.05) is 13.8 Å². The zero-order valence-corrected chi connectivity index (χ0v) is 18.9. The Hall–Kier alpha value is -4.74. The Morgan fingerprint density at radius 3 is 2.50 bits per heavy atom. The molecule has 1 amide bonds. The van der Waals surface area contributed by atoms with Gasteiger partial charge in [0.2, 0.25) is 0 Å². The fourth-order valence-electron chi connectivity index (χ4n) is 2.73. The number of esters is 1. The van der Waals surface area contributed by atoms with Crippen LogP contribution in [-0.4, -0.2) is 48.2 Å². The summed E-state index contributed by atoms with van der Waals surface area (Å²) in [5.41, 5.74) is 0.0805. The van der Waals surface area contributed by atoms with E-state index in [2.05, 4.69) is 39.9 Å². The van der Waals surface area contributed by atoms with Gasteiger partial charge in [0.1, 0.15) is 18.1 Å². The number of carbonyl (C=O) groups is 3. The van der Waals surface area contributed by atoms with Gasteiger partial charge >= 0.3 is 11.9 Å². The minimum atomic E-state index is -1.25. The zero-order valence-electron chi connectivity index (χ0n) is 18.9. The lowest BCUT2D eigenvalue weighted by atomic mass is 9.97. The summed E-state index contributed by atoms with van der Waals surface area (Å²) in [5, 5.41) is 12.5. The molecule has 8 nitrogen and oxygen atoms in total. The van der Waals surface area contributed by atoms with Crippen LogP contribution in [0.5, 0.6) is 5.75 Å². The first-order valence-corrected chi connectivity index (χ1v) is 10.1. The molecule has 0 saturated heterocycles. The highest BCUT2D eigenvalue weighted by molar-refractivity contribution is 6.03. The second kappa shape index (κ2) is 12.3. The second-order valence-electron chi connectivity index (χ2n) is 7.19. The fraction of sp³-hybridized carbons (Fsp3) is 0.231. The summed E-state index contributed by atoms with van der Waals surface area (Å²) in [5.74, 6) is 9.98. The average Bonchev–Trinajstić information content (AvgIpc) is 2.83. The molecule has 0 bridgehead atoms. The van der Waals surface area contributed by atoms with Crippen LogP contribution < -0.4 is 10.1 Å². The van der Waals surface area contributed by atoms with E-state index in [4.69, 9.17) is 15.9 Å². The molecule has 0 aliphatic heterocycles. The summed E-state index contributed by atoms with van der Waals surface area (Å²) >= 11 is 0. The zero-order chi connectivity index (χ0) is 25.1. The molecule has 34 heavy (non-hydrogen) atoms. The molecule has 1 aromatic heterocycles. The van der Waals surface area contributed by atoms with Crippen LogP contribution in [0, 0.1) is 41.9 Å². The minimum absolute atomic E-state index is 0.00753. The number of pyridine rings is 1. The Balaban J connectivity index is 2.44. The van der Waals surface area contributed by atoms with E-state index >= 15 is 0 Å². The van der Waals surface area contributed by atoms with Crippen molar-refractivity contribution in [2.75, 3.05) is 20.3 Å². The highest BCUT2D eigenvalue weighted by atomic mass is 16.5. The lowest BCUT2D eigenvalue weighted by Gasteiger charge is -2.13. The van der Waals surface area contributed by atoms with Gasteiger partial charge in [-0.1, -0.05) is 13.8 Å². The Morgan fingerprint density at radius 2 is 1.85 bits per heavy atom. The number of amides is 1. The number of benzene rings is 1. The third-order valence-electron chi connectivity index (χ3n) is 4.29. The maximum Gasteiger partial charge on any atom is 0.357 e. The highest BCUT2D eigenvalue weighted by Crippen LogP contribution is 2.30. The molecule has 2 N–H and O–H groups in total. The SMILES string of the molecule is C#CC#CC#CCOc1ccc(-c2ccc(C(=O)NCC(C)C)nc2C(=O)OC)c(C(=O)O)c1. The summed E-state index contributed by atoms with van der Waals surface area (Å²) in [4.78, 5) is 40.9. The van der Waals surface area contributed by atoms with Crippen molar-refractivity contribution in [3.05, 3.63) is 47.3 Å². The number of nitrogens with one attached hydrogen (secondary N) is 1. The van der Waals surface area contributed by atoms with Crippen LogP contribution in [0.15, 0.2) is 30.3 Å². The van der Waals surface area contributed by atoms with Crippen molar-refractivity contribution < 1.29 is 29.0 Å². The topological polar surface area (TPSA) is 115 Å². The Labute approximate surface area is 197 Å². The molecule has 1 heterocycles. The summed E-state index contributed by atoms with van der Waals surface area (Å²) in [6.07, 6.45) is 5.00. The fourth-order valence-corrected chi connectivity index (χ4v) is 2.73. The molecule has 172 valence electrons. The number of rotatable bonds is 8. The van der Waals surface area contributed by atoms with Gasteiger partial charge in [-0.2, -0.15) is 0 Å². The molecule has 2 rings (SSSR count). The number of carboxylic acid groups (broad SMARTS) is 1. The third-order valence-corrected chi connectivity index (χ3v) is 4.29. The van der Waals surface area contributed by atoms with E-state index in [1.54, 1.807) is 0 Å². The molecular formula is C26H22N2O6. The average molecular weight is 458 g/mol. The van der Waals surface area contributed by atoms with Crippen LogP contribution in [0.1, 0.15) is 45.2 Å².